The van der Waals surface area contributed by atoms with E-state index < -0.39 is 11.9 Å². The molecule has 0 radical (unpaired) electrons. The maximum Gasteiger partial charge on any atom is 0.349 e. The maximum atomic E-state index is 12.8. The molecule has 0 atom stereocenters. The molecule has 36 heavy (non-hydrogen) atoms. The number of nitrogen functional groups attached to an aromatic ring is 1. The Morgan fingerprint density at radius 2 is 1.72 bits per heavy atom. The molecule has 0 bridgehead atoms. The first kappa shape index (κ1) is 23.8. The van der Waals surface area contributed by atoms with E-state index in [1.54, 1.807) is 68.6 Å². The van der Waals surface area contributed by atoms with Crippen LogP contribution in [-0.4, -0.2) is 39.7 Å². The van der Waals surface area contributed by atoms with Crippen LogP contribution in [0.5, 0.6) is 0 Å². The molecule has 0 aliphatic rings. The van der Waals surface area contributed by atoms with E-state index in [4.69, 9.17) is 5.73 Å². The highest BCUT2D eigenvalue weighted by molar-refractivity contribution is 6.09. The van der Waals surface area contributed by atoms with Crippen LogP contribution in [0.3, 0.4) is 0 Å². The fraction of sp³-hybridized carbons (Fsp3) is 0.0800. The van der Waals surface area contributed by atoms with Gasteiger partial charge in [0.15, 0.2) is 0 Å². The van der Waals surface area contributed by atoms with Gasteiger partial charge in [-0.1, -0.05) is 24.1 Å². The van der Waals surface area contributed by atoms with Crippen LogP contribution in [-0.2, 0) is 4.79 Å². The molecule has 3 aromatic carbocycles. The van der Waals surface area contributed by atoms with Crippen molar-refractivity contribution in [3.8, 4) is 11.8 Å². The lowest BCUT2D eigenvalue weighted by Gasteiger charge is -2.10. The zero-order chi connectivity index (χ0) is 25.7. The number of amides is 3. The molecule has 4 rings (SSSR count). The molecule has 0 aliphatic carbocycles. The lowest BCUT2D eigenvalue weighted by molar-refractivity contribution is -0.111. The summed E-state index contributed by atoms with van der Waals surface area (Å²) >= 11 is 0. The maximum absolute atomic E-state index is 12.8. The summed E-state index contributed by atoms with van der Waals surface area (Å²) in [4.78, 5) is 40.4. The summed E-state index contributed by atoms with van der Waals surface area (Å²) in [5.41, 5.74) is 8.12. The van der Waals surface area contributed by atoms with Crippen LogP contribution in [0, 0.1) is 11.8 Å². The van der Waals surface area contributed by atoms with Gasteiger partial charge in [0.25, 0.3) is 11.8 Å². The third kappa shape index (κ3) is 5.23. The molecule has 0 saturated carbocycles. The number of hydrogen-bond acceptors (Lipinski definition) is 7. The quantitative estimate of drug-likeness (QED) is 0.274. The number of rotatable bonds is 5. The minimum atomic E-state index is -0.606. The van der Waals surface area contributed by atoms with Crippen LogP contribution in [0.25, 0.3) is 10.8 Å². The number of nitrogens with zero attached hydrogens (tertiary/aromatic N) is 3. The summed E-state index contributed by atoms with van der Waals surface area (Å²) in [6.45, 7) is 1.59. The average Bonchev–Trinajstić information content (AvgIpc) is 3.24. The van der Waals surface area contributed by atoms with Crippen LogP contribution in [0.2, 0.25) is 0 Å². The Morgan fingerprint density at radius 3 is 2.44 bits per heavy atom. The van der Waals surface area contributed by atoms with Gasteiger partial charge < -0.3 is 27.0 Å². The molecule has 0 saturated heterocycles. The Kier molecular flexibility index (Phi) is 6.78. The Balaban J connectivity index is 1.48. The second-order valence-electron chi connectivity index (χ2n) is 7.49. The number of nitrogens with one attached hydrogen (secondary N) is 4. The van der Waals surface area contributed by atoms with Crippen molar-refractivity contribution in [3.05, 3.63) is 66.2 Å². The van der Waals surface area contributed by atoms with Crippen molar-refractivity contribution in [2.45, 2.75) is 6.92 Å². The molecule has 4 aromatic rings. The molecule has 0 spiro atoms. The monoisotopic (exact) mass is 482 g/mol. The molecule has 180 valence electrons. The summed E-state index contributed by atoms with van der Waals surface area (Å²) < 4.78 is 0.936. The second-order valence-corrected chi connectivity index (χ2v) is 7.49. The van der Waals surface area contributed by atoms with Crippen LogP contribution in [0.15, 0.2) is 60.7 Å². The number of fused-ring (bicyclic) bond motifs is 1. The van der Waals surface area contributed by atoms with Gasteiger partial charge in [-0.3, -0.25) is 9.59 Å². The summed E-state index contributed by atoms with van der Waals surface area (Å²) in [6, 6.07) is 16.7. The second kappa shape index (κ2) is 10.3. The molecular weight excluding hydrogens is 460 g/mol. The predicted octanol–water partition coefficient (Wildman–Crippen LogP) is 3.16. The van der Waals surface area contributed by atoms with Crippen molar-refractivity contribution in [2.24, 2.45) is 0 Å². The number of anilines is 5. The van der Waals surface area contributed by atoms with Gasteiger partial charge in [0.2, 0.25) is 11.9 Å². The first-order valence-electron chi connectivity index (χ1n) is 10.8. The molecule has 1 aromatic heterocycles. The van der Waals surface area contributed by atoms with Crippen LogP contribution < -0.4 is 27.0 Å². The third-order valence-electron chi connectivity index (χ3n) is 5.07. The first-order valence-corrected chi connectivity index (χ1v) is 10.8. The highest BCUT2D eigenvalue weighted by atomic mass is 16.2. The fourth-order valence-corrected chi connectivity index (χ4v) is 3.42. The number of carbonyl (C=O) groups is 3. The molecule has 11 nitrogen and oxygen atoms in total. The Morgan fingerprint density at radius 1 is 0.972 bits per heavy atom. The van der Waals surface area contributed by atoms with Gasteiger partial charge in [0, 0.05) is 35.1 Å². The van der Waals surface area contributed by atoms with Gasteiger partial charge in [0.05, 0.1) is 0 Å². The molecule has 3 amide bonds. The summed E-state index contributed by atoms with van der Waals surface area (Å²) in [5, 5.41) is 16.7. The van der Waals surface area contributed by atoms with Gasteiger partial charge >= 0.3 is 6.03 Å². The Hall–Kier alpha value is -5.37. The van der Waals surface area contributed by atoms with Gasteiger partial charge in [0.1, 0.15) is 0 Å². The number of nitrogens with two attached hydrogens (primary N) is 1. The lowest BCUT2D eigenvalue weighted by Crippen LogP contribution is -2.22. The summed E-state index contributed by atoms with van der Waals surface area (Å²) in [5.74, 6) is 4.39. The van der Waals surface area contributed by atoms with E-state index in [0.29, 0.717) is 22.6 Å². The van der Waals surface area contributed by atoms with Gasteiger partial charge in [-0.15, -0.1) is 9.78 Å². The number of aromatic nitrogens is 3. The molecule has 0 aliphatic heterocycles. The minimum Gasteiger partial charge on any atom is -0.368 e. The highest BCUT2D eigenvalue weighted by Crippen LogP contribution is 2.26. The zero-order valence-corrected chi connectivity index (χ0v) is 19.4. The highest BCUT2D eigenvalue weighted by Gasteiger charge is 2.15. The SMILES string of the molecule is CC#CC(=O)Nc1cccc2cc(NC(=O)n3nc(Nc4ccc(C(=O)NC)cc4)nc3N)ccc12. The fourth-order valence-electron chi connectivity index (χ4n) is 3.42. The zero-order valence-electron chi connectivity index (χ0n) is 19.4. The standard InChI is InChI=1S/C25H22N8O3/c1-3-5-21(34)30-20-7-4-6-16-14-18(12-13-19(16)20)29-25(36)33-23(26)31-24(32-33)28-17-10-8-15(9-11-17)22(35)27-2/h4,6-14H,1-2H3,(H,27,35)(H,29,36)(H,30,34)(H3,26,28,31,32). The summed E-state index contributed by atoms with van der Waals surface area (Å²) in [7, 11) is 1.55. The molecular formula is C25H22N8O3. The van der Waals surface area contributed by atoms with Gasteiger partial charge in [-0.2, -0.15) is 4.98 Å². The van der Waals surface area contributed by atoms with Crippen molar-refractivity contribution in [1.29, 1.82) is 0 Å². The number of hydrogen-bond donors (Lipinski definition) is 5. The third-order valence-corrected chi connectivity index (χ3v) is 5.07. The Labute approximate surface area is 206 Å². The van der Waals surface area contributed by atoms with Gasteiger partial charge in [-0.05, 0) is 60.7 Å². The summed E-state index contributed by atoms with van der Waals surface area (Å²) in [6.07, 6.45) is 0. The molecule has 1 heterocycles. The largest absolute Gasteiger partial charge is 0.368 e. The van der Waals surface area contributed by atoms with Crippen LogP contribution in [0.1, 0.15) is 17.3 Å². The molecule has 11 heteroatoms. The smallest absolute Gasteiger partial charge is 0.349 e. The van der Waals surface area contributed by atoms with E-state index in [-0.39, 0.29) is 17.8 Å². The topological polar surface area (TPSA) is 156 Å². The average molecular weight is 483 g/mol. The first-order chi connectivity index (χ1) is 17.4. The molecule has 6 N–H and O–H groups in total. The van der Waals surface area contributed by atoms with E-state index in [1.807, 2.05) is 6.07 Å². The number of carbonyl (C=O) groups excluding carboxylic acids is 3. The normalized spacial score (nSPS) is 10.2. The van der Waals surface area contributed by atoms with E-state index in [1.165, 1.54) is 0 Å². The van der Waals surface area contributed by atoms with Crippen molar-refractivity contribution in [1.82, 2.24) is 20.1 Å². The van der Waals surface area contributed by atoms with Gasteiger partial charge in [-0.25, -0.2) is 4.79 Å². The van der Waals surface area contributed by atoms with E-state index in [2.05, 4.69) is 43.2 Å². The number of benzene rings is 3. The molecule has 0 unspecified atom stereocenters. The lowest BCUT2D eigenvalue weighted by atomic mass is 10.1. The van der Waals surface area contributed by atoms with Crippen molar-refractivity contribution >= 4 is 57.6 Å². The van der Waals surface area contributed by atoms with Crippen LogP contribution >= 0.6 is 0 Å². The van der Waals surface area contributed by atoms with Crippen LogP contribution in [0.4, 0.5) is 33.8 Å². The van der Waals surface area contributed by atoms with E-state index >= 15 is 0 Å². The van der Waals surface area contributed by atoms with Crippen molar-refractivity contribution in [2.75, 3.05) is 28.7 Å². The minimum absolute atomic E-state index is 0.111. The van der Waals surface area contributed by atoms with Crippen molar-refractivity contribution < 1.29 is 14.4 Å². The molecule has 0 fully saturated rings. The van der Waals surface area contributed by atoms with Crippen molar-refractivity contribution in [3.63, 3.8) is 0 Å². The predicted molar refractivity (Wildman–Crippen MR) is 138 cm³/mol. The Bertz CT molecular complexity index is 1530. The van der Waals surface area contributed by atoms with E-state index in [9.17, 15) is 14.4 Å². The van der Waals surface area contributed by atoms with E-state index in [0.717, 1.165) is 15.5 Å².